The number of aliphatic hydroxyl groups is 1. The average molecular weight is 473 g/mol. The molecule has 0 saturated carbocycles. The average Bonchev–Trinajstić information content (AvgIpc) is 2.82. The lowest BCUT2D eigenvalue weighted by atomic mass is 10.1. The van der Waals surface area contributed by atoms with Crippen LogP contribution in [0, 0.1) is 0 Å². The fourth-order valence-electron chi connectivity index (χ4n) is 1.91. The van der Waals surface area contributed by atoms with E-state index in [1.54, 1.807) is 11.3 Å². The molecule has 2 aromatic heterocycles. The number of thiophene rings is 1. The number of nitrogens with zero attached hydrogens (tertiary/aromatic N) is 2. The van der Waals surface area contributed by atoms with Crippen LogP contribution < -0.4 is 0 Å². The molecule has 0 aliphatic carbocycles. The minimum Gasteiger partial charge on any atom is -0.388 e. The zero-order chi connectivity index (χ0) is 14.2. The second-order valence-corrected chi connectivity index (χ2v) is 8.73. The van der Waals surface area contributed by atoms with E-state index in [0.29, 0.717) is 6.42 Å². The first kappa shape index (κ1) is 15.7. The molecule has 2 rings (SSSR count). The third-order valence-electron chi connectivity index (χ3n) is 2.93. The number of aromatic nitrogens is 2. The van der Waals surface area contributed by atoms with Crippen LogP contribution in [0.5, 0.6) is 0 Å². The summed E-state index contributed by atoms with van der Waals surface area (Å²) < 4.78 is 4.80. The number of aryl methyl sites for hydroxylation is 2. The molecular weight excluding hydrogens is 460 g/mol. The van der Waals surface area contributed by atoms with Crippen molar-refractivity contribution in [2.24, 2.45) is 7.05 Å². The molecule has 0 radical (unpaired) electrons. The molecule has 7 heteroatoms. The van der Waals surface area contributed by atoms with Crippen LogP contribution in [0.25, 0.3) is 0 Å². The molecule has 3 nitrogen and oxygen atoms in total. The summed E-state index contributed by atoms with van der Waals surface area (Å²) in [5.74, 6) is 0. The predicted molar refractivity (Wildman–Crippen MR) is 88.7 cm³/mol. The highest BCUT2D eigenvalue weighted by molar-refractivity contribution is 9.12. The van der Waals surface area contributed by atoms with Gasteiger partial charge in [0.1, 0.15) is 0 Å². The summed E-state index contributed by atoms with van der Waals surface area (Å²) in [4.78, 5) is 0. The van der Waals surface area contributed by atoms with E-state index >= 15 is 0 Å². The summed E-state index contributed by atoms with van der Waals surface area (Å²) in [6, 6.07) is 1.95. The Morgan fingerprint density at radius 1 is 1.42 bits per heavy atom. The van der Waals surface area contributed by atoms with Crippen LogP contribution in [0.3, 0.4) is 0 Å². The zero-order valence-electron chi connectivity index (χ0n) is 10.5. The molecule has 0 fully saturated rings. The van der Waals surface area contributed by atoms with Crippen molar-refractivity contribution in [2.75, 3.05) is 0 Å². The standard InChI is InChI=1S/C12H13Br3N2OS/c1-3-7-11(14)8(17(2)16-7)5-9(18)6-4-10(13)19-12(6)15/h4,9,18H,3,5H2,1-2H3. The Morgan fingerprint density at radius 2 is 2.11 bits per heavy atom. The van der Waals surface area contributed by atoms with Gasteiger partial charge < -0.3 is 5.11 Å². The third-order valence-corrected chi connectivity index (χ3v) is 6.23. The van der Waals surface area contributed by atoms with Gasteiger partial charge in [0.25, 0.3) is 0 Å². The SMILES string of the molecule is CCc1nn(C)c(CC(O)c2cc(Br)sc2Br)c1Br. The van der Waals surface area contributed by atoms with E-state index < -0.39 is 6.10 Å². The summed E-state index contributed by atoms with van der Waals surface area (Å²) in [5.41, 5.74) is 2.94. The lowest BCUT2D eigenvalue weighted by molar-refractivity contribution is 0.175. The Morgan fingerprint density at radius 3 is 2.58 bits per heavy atom. The summed E-state index contributed by atoms with van der Waals surface area (Å²) in [6.45, 7) is 2.07. The molecule has 0 aromatic carbocycles. The Balaban J connectivity index is 2.26. The van der Waals surface area contributed by atoms with Crippen molar-refractivity contribution in [3.8, 4) is 0 Å². The van der Waals surface area contributed by atoms with Crippen molar-refractivity contribution >= 4 is 59.1 Å². The van der Waals surface area contributed by atoms with Crippen LogP contribution in [0.2, 0.25) is 0 Å². The highest BCUT2D eigenvalue weighted by atomic mass is 79.9. The van der Waals surface area contributed by atoms with Crippen molar-refractivity contribution in [3.05, 3.63) is 35.1 Å². The molecule has 1 N–H and O–H groups in total. The van der Waals surface area contributed by atoms with Crippen molar-refractivity contribution < 1.29 is 5.11 Å². The first-order chi connectivity index (χ1) is 8.93. The number of halogens is 3. The molecule has 0 saturated heterocycles. The van der Waals surface area contributed by atoms with E-state index in [1.807, 2.05) is 17.8 Å². The predicted octanol–water partition coefficient (Wildman–Crippen LogP) is 4.61. The number of hydrogen-bond acceptors (Lipinski definition) is 3. The first-order valence-corrected chi connectivity index (χ1v) is 8.96. The van der Waals surface area contributed by atoms with E-state index in [-0.39, 0.29) is 0 Å². The van der Waals surface area contributed by atoms with Crippen LogP contribution in [0.4, 0.5) is 0 Å². The highest BCUT2D eigenvalue weighted by Crippen LogP contribution is 2.37. The molecule has 0 bridgehead atoms. The van der Waals surface area contributed by atoms with E-state index in [1.165, 1.54) is 0 Å². The summed E-state index contributed by atoms with van der Waals surface area (Å²) in [5, 5.41) is 14.8. The second kappa shape index (κ2) is 6.39. The van der Waals surface area contributed by atoms with Gasteiger partial charge in [0.05, 0.1) is 29.5 Å². The van der Waals surface area contributed by atoms with Gasteiger partial charge in [-0.05, 0) is 60.3 Å². The van der Waals surface area contributed by atoms with Crippen LogP contribution in [0.1, 0.15) is 30.0 Å². The Hall–Kier alpha value is 0.310. The van der Waals surface area contributed by atoms with E-state index in [2.05, 4.69) is 59.8 Å². The lowest BCUT2D eigenvalue weighted by Crippen LogP contribution is -2.06. The molecule has 0 amide bonds. The van der Waals surface area contributed by atoms with Gasteiger partial charge in [-0.25, -0.2) is 0 Å². The molecule has 2 aromatic rings. The molecular formula is C12H13Br3N2OS. The largest absolute Gasteiger partial charge is 0.388 e. The third kappa shape index (κ3) is 3.32. The van der Waals surface area contributed by atoms with Crippen LogP contribution >= 0.6 is 59.1 Å². The molecule has 0 aliphatic heterocycles. The maximum absolute atomic E-state index is 10.4. The maximum atomic E-state index is 10.4. The molecule has 19 heavy (non-hydrogen) atoms. The van der Waals surface area contributed by atoms with Gasteiger partial charge in [-0.3, -0.25) is 4.68 Å². The number of aliphatic hydroxyl groups excluding tert-OH is 1. The van der Waals surface area contributed by atoms with Gasteiger partial charge in [0, 0.05) is 19.0 Å². The van der Waals surface area contributed by atoms with Crippen molar-refractivity contribution in [1.82, 2.24) is 9.78 Å². The van der Waals surface area contributed by atoms with Crippen LogP contribution in [-0.2, 0) is 19.9 Å². The highest BCUT2D eigenvalue weighted by Gasteiger charge is 2.20. The van der Waals surface area contributed by atoms with Gasteiger partial charge >= 0.3 is 0 Å². The number of rotatable bonds is 4. The summed E-state index contributed by atoms with van der Waals surface area (Å²) >= 11 is 12.1. The molecule has 104 valence electrons. The Labute approximate surface area is 141 Å². The maximum Gasteiger partial charge on any atom is 0.0865 e. The zero-order valence-corrected chi connectivity index (χ0v) is 16.0. The van der Waals surface area contributed by atoms with E-state index in [0.717, 1.165) is 35.4 Å². The van der Waals surface area contributed by atoms with Gasteiger partial charge in [-0.2, -0.15) is 5.10 Å². The van der Waals surface area contributed by atoms with E-state index in [9.17, 15) is 5.11 Å². The molecule has 1 unspecified atom stereocenters. The summed E-state index contributed by atoms with van der Waals surface area (Å²) in [6.07, 6.45) is 0.859. The van der Waals surface area contributed by atoms with Crippen LogP contribution in [-0.4, -0.2) is 14.9 Å². The Kier molecular flexibility index (Phi) is 5.28. The minimum atomic E-state index is -0.548. The smallest absolute Gasteiger partial charge is 0.0865 e. The Bertz CT molecular complexity index is 594. The minimum absolute atomic E-state index is 0.534. The van der Waals surface area contributed by atoms with Gasteiger partial charge in [-0.1, -0.05) is 6.92 Å². The van der Waals surface area contributed by atoms with Gasteiger partial charge in [0.15, 0.2) is 0 Å². The lowest BCUT2D eigenvalue weighted by Gasteiger charge is -2.10. The number of hydrogen-bond donors (Lipinski definition) is 1. The van der Waals surface area contributed by atoms with Gasteiger partial charge in [0.2, 0.25) is 0 Å². The fraction of sp³-hybridized carbons (Fsp3) is 0.417. The van der Waals surface area contributed by atoms with E-state index in [4.69, 9.17) is 0 Å². The monoisotopic (exact) mass is 470 g/mol. The summed E-state index contributed by atoms with van der Waals surface area (Å²) in [7, 11) is 1.91. The van der Waals surface area contributed by atoms with Gasteiger partial charge in [-0.15, -0.1) is 11.3 Å². The quantitative estimate of drug-likeness (QED) is 0.705. The molecule has 0 aliphatic rings. The second-order valence-electron chi connectivity index (χ2n) is 4.18. The van der Waals surface area contributed by atoms with Crippen molar-refractivity contribution in [3.63, 3.8) is 0 Å². The topological polar surface area (TPSA) is 38.0 Å². The van der Waals surface area contributed by atoms with Crippen molar-refractivity contribution in [1.29, 1.82) is 0 Å². The molecule has 2 heterocycles. The molecule has 1 atom stereocenters. The van der Waals surface area contributed by atoms with Crippen molar-refractivity contribution in [2.45, 2.75) is 25.9 Å². The first-order valence-electron chi connectivity index (χ1n) is 5.77. The van der Waals surface area contributed by atoms with Crippen LogP contribution in [0.15, 0.2) is 18.1 Å². The fourth-order valence-corrected chi connectivity index (χ4v) is 5.65. The normalized spacial score (nSPS) is 12.9. The molecule has 0 spiro atoms.